The Morgan fingerprint density at radius 2 is 1.73 bits per heavy atom. The van der Waals surface area contributed by atoms with Crippen LogP contribution in [-0.2, 0) is 4.79 Å². The van der Waals surface area contributed by atoms with Crippen molar-refractivity contribution in [3.05, 3.63) is 66.5 Å². The van der Waals surface area contributed by atoms with Gasteiger partial charge in [-0.15, -0.1) is 0 Å². The predicted octanol–water partition coefficient (Wildman–Crippen LogP) is 3.47. The molecule has 0 bridgehead atoms. The molecule has 4 heteroatoms. The first kappa shape index (κ1) is 14.3. The lowest BCUT2D eigenvalue weighted by Crippen LogP contribution is -2.32. The molecule has 0 aliphatic rings. The molecule has 0 radical (unpaired) electrons. The molecular formula is C18H19N3O. The smallest absolute Gasteiger partial charge is 0.243 e. The lowest BCUT2D eigenvalue weighted by atomic mass is 10.1. The molecule has 1 heterocycles. The first-order valence-electron chi connectivity index (χ1n) is 7.43. The Kier molecular flexibility index (Phi) is 3.92. The van der Waals surface area contributed by atoms with E-state index in [1.54, 1.807) is 6.33 Å². The highest BCUT2D eigenvalue weighted by molar-refractivity contribution is 5.83. The number of benzene rings is 2. The van der Waals surface area contributed by atoms with Gasteiger partial charge in [0.2, 0.25) is 5.91 Å². The number of hydrogen-bond acceptors (Lipinski definition) is 2. The third-order valence-electron chi connectivity index (χ3n) is 3.94. The molecular weight excluding hydrogens is 274 g/mol. The number of nitrogens with zero attached hydrogens (tertiary/aromatic N) is 2. The van der Waals surface area contributed by atoms with Crippen molar-refractivity contribution in [2.24, 2.45) is 0 Å². The third-order valence-corrected chi connectivity index (χ3v) is 3.94. The summed E-state index contributed by atoms with van der Waals surface area (Å²) in [6, 6.07) is 17.5. The van der Waals surface area contributed by atoms with E-state index in [2.05, 4.69) is 10.3 Å². The van der Waals surface area contributed by atoms with Gasteiger partial charge in [-0.1, -0.05) is 42.5 Å². The van der Waals surface area contributed by atoms with Crippen molar-refractivity contribution in [2.45, 2.75) is 25.9 Å². The van der Waals surface area contributed by atoms with Gasteiger partial charge < -0.3 is 9.88 Å². The van der Waals surface area contributed by atoms with E-state index in [-0.39, 0.29) is 18.0 Å². The summed E-state index contributed by atoms with van der Waals surface area (Å²) < 4.78 is 1.91. The maximum absolute atomic E-state index is 12.5. The standard InChI is InChI=1S/C18H19N3O/c1-13(15-8-4-3-5-9-15)20-18(22)14(2)21-12-19-16-10-6-7-11-17(16)21/h3-14H,1-2H3,(H,20,22). The molecule has 0 saturated carbocycles. The Hall–Kier alpha value is -2.62. The van der Waals surface area contributed by atoms with Crippen LogP contribution in [0.5, 0.6) is 0 Å². The molecule has 22 heavy (non-hydrogen) atoms. The Morgan fingerprint density at radius 3 is 2.50 bits per heavy atom. The van der Waals surface area contributed by atoms with Crippen molar-refractivity contribution in [3.8, 4) is 0 Å². The third kappa shape index (κ3) is 2.72. The molecule has 1 N–H and O–H groups in total. The van der Waals surface area contributed by atoms with Crippen LogP contribution < -0.4 is 5.32 Å². The van der Waals surface area contributed by atoms with E-state index < -0.39 is 0 Å². The first-order valence-corrected chi connectivity index (χ1v) is 7.43. The zero-order chi connectivity index (χ0) is 15.5. The summed E-state index contributed by atoms with van der Waals surface area (Å²) in [7, 11) is 0. The molecule has 0 aliphatic carbocycles. The number of para-hydroxylation sites is 2. The SMILES string of the molecule is CC(NC(=O)C(C)n1cnc2ccccc21)c1ccccc1. The Bertz CT molecular complexity index is 779. The van der Waals surface area contributed by atoms with Crippen LogP contribution in [0.4, 0.5) is 0 Å². The second-order valence-corrected chi connectivity index (χ2v) is 5.46. The van der Waals surface area contributed by atoms with Gasteiger partial charge in [-0.3, -0.25) is 4.79 Å². The molecule has 1 aromatic heterocycles. The summed E-state index contributed by atoms with van der Waals surface area (Å²) in [5.41, 5.74) is 2.97. The Labute approximate surface area is 129 Å². The van der Waals surface area contributed by atoms with Gasteiger partial charge >= 0.3 is 0 Å². The lowest BCUT2D eigenvalue weighted by molar-refractivity contribution is -0.124. The van der Waals surface area contributed by atoms with Crippen molar-refractivity contribution >= 4 is 16.9 Å². The number of amides is 1. The number of imidazole rings is 1. The minimum atomic E-state index is -0.307. The second-order valence-electron chi connectivity index (χ2n) is 5.46. The van der Waals surface area contributed by atoms with Crippen LogP contribution in [0, 0.1) is 0 Å². The molecule has 0 spiro atoms. The fourth-order valence-electron chi connectivity index (χ4n) is 2.57. The number of aromatic nitrogens is 2. The summed E-state index contributed by atoms with van der Waals surface area (Å²) in [4.78, 5) is 16.9. The van der Waals surface area contributed by atoms with Crippen LogP contribution in [0.1, 0.15) is 31.5 Å². The number of fused-ring (bicyclic) bond motifs is 1. The quantitative estimate of drug-likeness (QED) is 0.800. The molecule has 3 rings (SSSR count). The molecule has 1 amide bonds. The number of carbonyl (C=O) groups excluding carboxylic acids is 1. The molecule has 3 aromatic rings. The van der Waals surface area contributed by atoms with E-state index in [4.69, 9.17) is 0 Å². The van der Waals surface area contributed by atoms with Gasteiger partial charge in [-0.2, -0.15) is 0 Å². The number of nitrogens with one attached hydrogen (secondary N) is 1. The summed E-state index contributed by atoms with van der Waals surface area (Å²) in [5, 5.41) is 3.06. The molecule has 0 aliphatic heterocycles. The predicted molar refractivity (Wildman–Crippen MR) is 87.4 cm³/mol. The van der Waals surface area contributed by atoms with Crippen LogP contribution in [-0.4, -0.2) is 15.5 Å². The van der Waals surface area contributed by atoms with Crippen LogP contribution in [0.15, 0.2) is 60.9 Å². The lowest BCUT2D eigenvalue weighted by Gasteiger charge is -2.19. The molecule has 2 unspecified atom stereocenters. The van der Waals surface area contributed by atoms with Crippen LogP contribution in [0.3, 0.4) is 0 Å². The van der Waals surface area contributed by atoms with Crippen LogP contribution in [0.25, 0.3) is 11.0 Å². The van der Waals surface area contributed by atoms with Gasteiger partial charge in [0.05, 0.1) is 23.4 Å². The minimum absolute atomic E-state index is 0.0143. The van der Waals surface area contributed by atoms with Crippen molar-refractivity contribution < 1.29 is 4.79 Å². The van der Waals surface area contributed by atoms with Gasteiger partial charge in [-0.25, -0.2) is 4.98 Å². The molecule has 2 atom stereocenters. The normalized spacial score (nSPS) is 13.7. The van der Waals surface area contributed by atoms with Crippen molar-refractivity contribution in [2.75, 3.05) is 0 Å². The van der Waals surface area contributed by atoms with E-state index in [1.807, 2.05) is 73.0 Å². The Morgan fingerprint density at radius 1 is 1.05 bits per heavy atom. The zero-order valence-electron chi connectivity index (χ0n) is 12.7. The fourth-order valence-corrected chi connectivity index (χ4v) is 2.57. The Balaban J connectivity index is 1.77. The maximum atomic E-state index is 12.5. The highest BCUT2D eigenvalue weighted by Gasteiger charge is 2.19. The van der Waals surface area contributed by atoms with Crippen molar-refractivity contribution in [3.63, 3.8) is 0 Å². The average Bonchev–Trinajstić information content (AvgIpc) is 2.99. The topological polar surface area (TPSA) is 46.9 Å². The van der Waals surface area contributed by atoms with Crippen LogP contribution in [0.2, 0.25) is 0 Å². The van der Waals surface area contributed by atoms with E-state index >= 15 is 0 Å². The minimum Gasteiger partial charge on any atom is -0.348 e. The van der Waals surface area contributed by atoms with Gasteiger partial charge in [0, 0.05) is 0 Å². The van der Waals surface area contributed by atoms with E-state index in [1.165, 1.54) is 0 Å². The highest BCUT2D eigenvalue weighted by Crippen LogP contribution is 2.19. The number of carbonyl (C=O) groups is 1. The van der Waals surface area contributed by atoms with Gasteiger partial charge in [0.15, 0.2) is 0 Å². The summed E-state index contributed by atoms with van der Waals surface area (Å²) in [6.07, 6.45) is 1.72. The van der Waals surface area contributed by atoms with E-state index in [0.717, 1.165) is 16.6 Å². The van der Waals surface area contributed by atoms with Gasteiger partial charge in [0.25, 0.3) is 0 Å². The molecule has 0 fully saturated rings. The van der Waals surface area contributed by atoms with Crippen LogP contribution >= 0.6 is 0 Å². The molecule has 2 aromatic carbocycles. The summed E-state index contributed by atoms with van der Waals surface area (Å²) in [6.45, 7) is 3.88. The van der Waals surface area contributed by atoms with E-state index in [9.17, 15) is 4.79 Å². The van der Waals surface area contributed by atoms with Crippen molar-refractivity contribution in [1.29, 1.82) is 0 Å². The highest BCUT2D eigenvalue weighted by atomic mass is 16.2. The maximum Gasteiger partial charge on any atom is 0.243 e. The van der Waals surface area contributed by atoms with Crippen molar-refractivity contribution in [1.82, 2.24) is 14.9 Å². The summed E-state index contributed by atoms with van der Waals surface area (Å²) in [5.74, 6) is -0.0143. The molecule has 4 nitrogen and oxygen atoms in total. The molecule has 112 valence electrons. The van der Waals surface area contributed by atoms with Gasteiger partial charge in [-0.05, 0) is 31.5 Å². The monoisotopic (exact) mass is 293 g/mol. The average molecular weight is 293 g/mol. The number of rotatable bonds is 4. The number of hydrogen-bond donors (Lipinski definition) is 1. The second kappa shape index (κ2) is 6.02. The fraction of sp³-hybridized carbons (Fsp3) is 0.222. The zero-order valence-corrected chi connectivity index (χ0v) is 12.7. The van der Waals surface area contributed by atoms with E-state index in [0.29, 0.717) is 0 Å². The largest absolute Gasteiger partial charge is 0.348 e. The van der Waals surface area contributed by atoms with Gasteiger partial charge in [0.1, 0.15) is 6.04 Å². The summed E-state index contributed by atoms with van der Waals surface area (Å²) >= 11 is 0. The first-order chi connectivity index (χ1) is 10.7. The molecule has 0 saturated heterocycles.